The summed E-state index contributed by atoms with van der Waals surface area (Å²) in [5, 5.41) is 11.4. The molecule has 1 aliphatic carbocycles. The van der Waals surface area contributed by atoms with Gasteiger partial charge in [0.1, 0.15) is 5.69 Å². The van der Waals surface area contributed by atoms with Crippen LogP contribution in [-0.4, -0.2) is 34.2 Å². The second-order valence-corrected chi connectivity index (χ2v) is 5.31. The van der Waals surface area contributed by atoms with Crippen molar-refractivity contribution in [1.29, 1.82) is 0 Å². The SMILES string of the molecule is O=C(NC1CCCC(C(F)(F)F)C1)c1ccnc(C(=O)O)c1. The van der Waals surface area contributed by atoms with Gasteiger partial charge in [0.25, 0.3) is 5.91 Å². The number of nitrogens with zero attached hydrogens (tertiary/aromatic N) is 1. The summed E-state index contributed by atoms with van der Waals surface area (Å²) in [5.74, 6) is -3.26. The van der Waals surface area contributed by atoms with Crippen molar-refractivity contribution in [2.45, 2.75) is 37.9 Å². The average molecular weight is 316 g/mol. The maximum atomic E-state index is 12.7. The number of aromatic carboxylic acids is 1. The van der Waals surface area contributed by atoms with E-state index < -0.39 is 30.0 Å². The van der Waals surface area contributed by atoms with E-state index in [-0.39, 0.29) is 24.1 Å². The summed E-state index contributed by atoms with van der Waals surface area (Å²) >= 11 is 0. The Kier molecular flexibility index (Phi) is 4.68. The highest BCUT2D eigenvalue weighted by Gasteiger charge is 2.42. The van der Waals surface area contributed by atoms with E-state index in [0.717, 1.165) is 6.07 Å². The minimum atomic E-state index is -4.25. The first-order chi connectivity index (χ1) is 10.3. The number of carbonyl (C=O) groups excluding carboxylic acids is 1. The average Bonchev–Trinajstić information content (AvgIpc) is 2.46. The molecule has 2 rings (SSSR count). The molecule has 8 heteroatoms. The Labute approximate surface area is 124 Å². The lowest BCUT2D eigenvalue weighted by atomic mass is 9.85. The number of hydrogen-bond acceptors (Lipinski definition) is 3. The van der Waals surface area contributed by atoms with Crippen LogP contribution in [0.2, 0.25) is 0 Å². The molecular formula is C14H15F3N2O3. The number of rotatable bonds is 3. The highest BCUT2D eigenvalue weighted by molar-refractivity contribution is 5.96. The molecule has 1 aromatic rings. The molecule has 0 saturated heterocycles. The highest BCUT2D eigenvalue weighted by atomic mass is 19.4. The second kappa shape index (κ2) is 6.33. The van der Waals surface area contributed by atoms with E-state index in [1.807, 2.05) is 0 Å². The zero-order valence-corrected chi connectivity index (χ0v) is 11.6. The molecule has 2 atom stereocenters. The van der Waals surface area contributed by atoms with Crippen LogP contribution in [0.3, 0.4) is 0 Å². The fourth-order valence-corrected chi connectivity index (χ4v) is 2.58. The Balaban J connectivity index is 2.02. The fourth-order valence-electron chi connectivity index (χ4n) is 2.58. The van der Waals surface area contributed by atoms with Crippen molar-refractivity contribution in [1.82, 2.24) is 10.3 Å². The van der Waals surface area contributed by atoms with Crippen LogP contribution in [0.5, 0.6) is 0 Å². The van der Waals surface area contributed by atoms with Gasteiger partial charge < -0.3 is 10.4 Å². The van der Waals surface area contributed by atoms with Crippen LogP contribution in [0.1, 0.15) is 46.5 Å². The van der Waals surface area contributed by atoms with E-state index in [1.165, 1.54) is 12.3 Å². The number of aromatic nitrogens is 1. The van der Waals surface area contributed by atoms with E-state index in [1.54, 1.807) is 0 Å². The second-order valence-electron chi connectivity index (χ2n) is 5.31. The van der Waals surface area contributed by atoms with Crippen molar-refractivity contribution in [3.63, 3.8) is 0 Å². The van der Waals surface area contributed by atoms with Crippen LogP contribution in [0.25, 0.3) is 0 Å². The molecule has 0 radical (unpaired) electrons. The first-order valence-electron chi connectivity index (χ1n) is 6.84. The first-order valence-corrected chi connectivity index (χ1v) is 6.84. The van der Waals surface area contributed by atoms with Crippen LogP contribution in [0.15, 0.2) is 18.3 Å². The molecule has 1 heterocycles. The Hall–Kier alpha value is -2.12. The van der Waals surface area contributed by atoms with E-state index in [4.69, 9.17) is 5.11 Å². The number of carbonyl (C=O) groups is 2. The topological polar surface area (TPSA) is 79.3 Å². The van der Waals surface area contributed by atoms with Crippen LogP contribution in [-0.2, 0) is 0 Å². The van der Waals surface area contributed by atoms with E-state index in [2.05, 4.69) is 10.3 Å². The summed E-state index contributed by atoms with van der Waals surface area (Å²) < 4.78 is 38.2. The number of carboxylic acid groups (broad SMARTS) is 1. The zero-order valence-electron chi connectivity index (χ0n) is 11.6. The van der Waals surface area contributed by atoms with Crippen molar-refractivity contribution in [3.8, 4) is 0 Å². The van der Waals surface area contributed by atoms with E-state index in [9.17, 15) is 22.8 Å². The highest BCUT2D eigenvalue weighted by Crippen LogP contribution is 2.37. The summed E-state index contributed by atoms with van der Waals surface area (Å²) in [6.07, 6.45) is -2.27. The first kappa shape index (κ1) is 16.3. The van der Waals surface area contributed by atoms with Gasteiger partial charge in [-0.2, -0.15) is 13.2 Å². The van der Waals surface area contributed by atoms with Gasteiger partial charge in [0.05, 0.1) is 5.92 Å². The van der Waals surface area contributed by atoms with Crippen molar-refractivity contribution >= 4 is 11.9 Å². The smallest absolute Gasteiger partial charge is 0.391 e. The summed E-state index contributed by atoms with van der Waals surface area (Å²) in [6, 6.07) is 1.86. The molecular weight excluding hydrogens is 301 g/mol. The molecule has 120 valence electrons. The zero-order chi connectivity index (χ0) is 16.3. The molecule has 2 N–H and O–H groups in total. The van der Waals surface area contributed by atoms with Crippen LogP contribution < -0.4 is 5.32 Å². The number of amides is 1. The minimum Gasteiger partial charge on any atom is -0.477 e. The van der Waals surface area contributed by atoms with Crippen LogP contribution in [0, 0.1) is 5.92 Å². The lowest BCUT2D eigenvalue weighted by Gasteiger charge is -2.31. The summed E-state index contributed by atoms with van der Waals surface area (Å²) in [4.78, 5) is 26.4. The quantitative estimate of drug-likeness (QED) is 0.898. The molecule has 1 saturated carbocycles. The molecule has 0 spiro atoms. The van der Waals surface area contributed by atoms with Crippen molar-refractivity contribution in [3.05, 3.63) is 29.6 Å². The molecule has 22 heavy (non-hydrogen) atoms. The summed E-state index contributed by atoms with van der Waals surface area (Å²) in [7, 11) is 0. The van der Waals surface area contributed by atoms with Gasteiger partial charge in [-0.25, -0.2) is 9.78 Å². The molecule has 0 aromatic carbocycles. The van der Waals surface area contributed by atoms with Gasteiger partial charge in [0.15, 0.2) is 0 Å². The Bertz CT molecular complexity index is 575. The monoisotopic (exact) mass is 316 g/mol. The summed E-state index contributed by atoms with van der Waals surface area (Å²) in [6.45, 7) is 0. The number of alkyl halides is 3. The van der Waals surface area contributed by atoms with Gasteiger partial charge >= 0.3 is 12.1 Å². The maximum Gasteiger partial charge on any atom is 0.391 e. The van der Waals surface area contributed by atoms with Gasteiger partial charge in [0, 0.05) is 17.8 Å². The lowest BCUT2D eigenvalue weighted by molar-refractivity contribution is -0.183. The fraction of sp³-hybridized carbons (Fsp3) is 0.500. The van der Waals surface area contributed by atoms with E-state index in [0.29, 0.717) is 12.8 Å². The normalized spacial score (nSPS) is 22.1. The van der Waals surface area contributed by atoms with Gasteiger partial charge in [0.2, 0.25) is 0 Å². The molecule has 1 fully saturated rings. The van der Waals surface area contributed by atoms with Crippen molar-refractivity contribution in [2.75, 3.05) is 0 Å². The predicted octanol–water partition coefficient (Wildman–Crippen LogP) is 2.63. The standard InChI is InChI=1S/C14H15F3N2O3/c15-14(16,17)9-2-1-3-10(7-9)19-12(20)8-4-5-18-11(6-8)13(21)22/h4-6,9-10H,1-3,7H2,(H,19,20)(H,21,22). The molecule has 0 bridgehead atoms. The van der Waals surface area contributed by atoms with Crippen molar-refractivity contribution < 1.29 is 27.9 Å². The minimum absolute atomic E-state index is 0.0709. The third-order valence-corrected chi connectivity index (χ3v) is 3.71. The molecule has 0 aliphatic heterocycles. The number of hydrogen-bond donors (Lipinski definition) is 2. The van der Waals surface area contributed by atoms with Gasteiger partial charge in [-0.1, -0.05) is 6.42 Å². The molecule has 5 nitrogen and oxygen atoms in total. The van der Waals surface area contributed by atoms with E-state index >= 15 is 0 Å². The summed E-state index contributed by atoms with van der Waals surface area (Å²) in [5.41, 5.74) is -0.217. The number of pyridine rings is 1. The third kappa shape index (κ3) is 3.96. The largest absolute Gasteiger partial charge is 0.477 e. The number of carboxylic acids is 1. The maximum absolute atomic E-state index is 12.7. The van der Waals surface area contributed by atoms with Gasteiger partial charge in [-0.3, -0.25) is 4.79 Å². The van der Waals surface area contributed by atoms with Crippen LogP contribution in [0.4, 0.5) is 13.2 Å². The van der Waals surface area contributed by atoms with Crippen LogP contribution >= 0.6 is 0 Å². The van der Waals surface area contributed by atoms with Gasteiger partial charge in [-0.05, 0) is 31.4 Å². The Morgan fingerprint density at radius 1 is 1.32 bits per heavy atom. The predicted molar refractivity (Wildman–Crippen MR) is 70.5 cm³/mol. The van der Waals surface area contributed by atoms with Gasteiger partial charge in [-0.15, -0.1) is 0 Å². The van der Waals surface area contributed by atoms with Crippen molar-refractivity contribution in [2.24, 2.45) is 5.92 Å². The third-order valence-electron chi connectivity index (χ3n) is 3.71. The molecule has 1 aromatic heterocycles. The molecule has 1 amide bonds. The molecule has 2 unspecified atom stereocenters. The molecule has 1 aliphatic rings. The number of halogens is 3. The Morgan fingerprint density at radius 3 is 2.68 bits per heavy atom. The Morgan fingerprint density at radius 2 is 2.05 bits per heavy atom. The lowest BCUT2D eigenvalue weighted by Crippen LogP contribution is -2.41. The number of nitrogens with one attached hydrogen (secondary N) is 1.